The molecule has 25 heavy (non-hydrogen) atoms. The van der Waals surface area contributed by atoms with Crippen molar-refractivity contribution in [2.24, 2.45) is 0 Å². The second kappa shape index (κ2) is 7.46. The van der Waals surface area contributed by atoms with Crippen molar-refractivity contribution in [3.05, 3.63) is 29.9 Å². The van der Waals surface area contributed by atoms with Gasteiger partial charge in [0.05, 0.1) is 18.4 Å². The Balaban J connectivity index is 1.53. The summed E-state index contributed by atoms with van der Waals surface area (Å²) in [6.07, 6.45) is -3.09. The van der Waals surface area contributed by atoms with Gasteiger partial charge in [-0.05, 0) is 19.2 Å². The van der Waals surface area contributed by atoms with Crippen LogP contribution in [-0.2, 0) is 17.5 Å². The van der Waals surface area contributed by atoms with E-state index in [1.54, 1.807) is 12.1 Å². The molecule has 1 N–H and O–H groups in total. The van der Waals surface area contributed by atoms with E-state index >= 15 is 0 Å². The molecular weight excluding hydrogens is 339 g/mol. The van der Waals surface area contributed by atoms with Gasteiger partial charge >= 0.3 is 12.1 Å². The lowest BCUT2D eigenvalue weighted by molar-refractivity contribution is -0.159. The van der Waals surface area contributed by atoms with Crippen LogP contribution >= 0.6 is 0 Å². The number of rotatable bonds is 5. The number of likely N-dealkylation sites (N-methyl/N-ethyl adjacent to an activating group) is 1. The van der Waals surface area contributed by atoms with Crippen molar-refractivity contribution < 1.29 is 22.4 Å². The van der Waals surface area contributed by atoms with Gasteiger partial charge in [-0.25, -0.2) is 0 Å². The van der Waals surface area contributed by atoms with E-state index in [0.29, 0.717) is 18.7 Å². The molecule has 0 bridgehead atoms. The number of hydrogen-bond acceptors (Lipinski definition) is 7. The summed E-state index contributed by atoms with van der Waals surface area (Å²) in [5.74, 6) is -1.51. The summed E-state index contributed by atoms with van der Waals surface area (Å²) >= 11 is 0. The average molecular weight is 357 g/mol. The zero-order valence-electron chi connectivity index (χ0n) is 13.6. The Morgan fingerprint density at radius 1 is 1.36 bits per heavy atom. The van der Waals surface area contributed by atoms with Crippen molar-refractivity contribution >= 4 is 0 Å². The molecule has 0 aromatic carbocycles. The maximum absolute atomic E-state index is 12.5. The van der Waals surface area contributed by atoms with E-state index in [9.17, 15) is 13.2 Å². The molecule has 2 aromatic rings. The fourth-order valence-electron chi connectivity index (χ4n) is 2.47. The summed E-state index contributed by atoms with van der Waals surface area (Å²) in [6, 6.07) is 3.32. The minimum absolute atomic E-state index is 0.137. The van der Waals surface area contributed by atoms with Gasteiger partial charge in [0.2, 0.25) is 5.82 Å². The third-order valence-corrected chi connectivity index (χ3v) is 3.77. The molecule has 136 valence electrons. The van der Waals surface area contributed by atoms with Crippen LogP contribution in [-0.4, -0.2) is 59.4 Å². The Kier molecular flexibility index (Phi) is 5.30. The van der Waals surface area contributed by atoms with Crippen LogP contribution in [0.15, 0.2) is 22.9 Å². The van der Waals surface area contributed by atoms with Crippen molar-refractivity contribution in [3.63, 3.8) is 0 Å². The fraction of sp³-hybridized carbons (Fsp3) is 0.533. The van der Waals surface area contributed by atoms with Gasteiger partial charge in [-0.1, -0.05) is 5.16 Å². The van der Waals surface area contributed by atoms with E-state index in [1.165, 1.54) is 6.20 Å². The topological polar surface area (TPSA) is 76.3 Å². The smallest absolute Gasteiger partial charge is 0.374 e. The lowest BCUT2D eigenvalue weighted by Gasteiger charge is -2.30. The molecule has 0 saturated carbocycles. The Morgan fingerprint density at radius 2 is 2.20 bits per heavy atom. The monoisotopic (exact) mass is 357 g/mol. The van der Waals surface area contributed by atoms with Gasteiger partial charge in [-0.3, -0.25) is 4.98 Å². The standard InChI is InChI=1S/C15H18F3N5O2/c1-23-4-5-24-12(9-23)8-19-7-11-3-2-10(6-20-11)13-21-14(25-22-13)15(16,17)18/h2-3,6,12,19H,4-5,7-9H2,1H3. The second-order valence-electron chi connectivity index (χ2n) is 5.85. The summed E-state index contributed by atoms with van der Waals surface area (Å²) < 4.78 is 47.3. The third-order valence-electron chi connectivity index (χ3n) is 3.77. The van der Waals surface area contributed by atoms with Gasteiger partial charge in [-0.2, -0.15) is 18.2 Å². The van der Waals surface area contributed by atoms with E-state index < -0.39 is 12.1 Å². The molecule has 0 spiro atoms. The summed E-state index contributed by atoms with van der Waals surface area (Å²) in [5, 5.41) is 6.59. The molecule has 0 radical (unpaired) electrons. The molecule has 1 unspecified atom stereocenters. The van der Waals surface area contributed by atoms with Gasteiger partial charge < -0.3 is 19.5 Å². The molecule has 1 aliphatic heterocycles. The first-order valence-corrected chi connectivity index (χ1v) is 7.79. The summed E-state index contributed by atoms with van der Waals surface area (Å²) in [7, 11) is 2.05. The molecular formula is C15H18F3N5O2. The van der Waals surface area contributed by atoms with Crippen molar-refractivity contribution in [3.8, 4) is 11.4 Å². The number of nitrogens with one attached hydrogen (secondary N) is 1. The van der Waals surface area contributed by atoms with Gasteiger partial charge in [0.15, 0.2) is 0 Å². The Hall–Kier alpha value is -2.04. The molecule has 3 heterocycles. The predicted molar refractivity (Wildman–Crippen MR) is 81.5 cm³/mol. The number of aromatic nitrogens is 3. The molecule has 1 saturated heterocycles. The minimum atomic E-state index is -4.65. The van der Waals surface area contributed by atoms with Crippen LogP contribution in [0.25, 0.3) is 11.4 Å². The number of alkyl halides is 3. The molecule has 10 heteroatoms. The molecule has 2 aromatic heterocycles. The quantitative estimate of drug-likeness (QED) is 0.870. The number of halogens is 3. The highest BCUT2D eigenvalue weighted by molar-refractivity contribution is 5.52. The van der Waals surface area contributed by atoms with Crippen molar-refractivity contribution in [1.29, 1.82) is 0 Å². The maximum Gasteiger partial charge on any atom is 0.471 e. The van der Waals surface area contributed by atoms with Crippen molar-refractivity contribution in [1.82, 2.24) is 25.3 Å². The number of pyridine rings is 1. The Labute approximate surface area is 142 Å². The first-order chi connectivity index (χ1) is 11.9. The Bertz CT molecular complexity index is 689. The molecule has 7 nitrogen and oxygen atoms in total. The summed E-state index contributed by atoms with van der Waals surface area (Å²) in [4.78, 5) is 9.75. The van der Waals surface area contributed by atoms with Gasteiger partial charge in [0, 0.05) is 37.9 Å². The molecule has 0 aliphatic carbocycles. The zero-order chi connectivity index (χ0) is 17.9. The highest BCUT2D eigenvalue weighted by Crippen LogP contribution is 2.29. The highest BCUT2D eigenvalue weighted by atomic mass is 19.4. The lowest BCUT2D eigenvalue weighted by atomic mass is 10.2. The van der Waals surface area contributed by atoms with Crippen LogP contribution in [0.1, 0.15) is 11.6 Å². The first kappa shape index (κ1) is 17.8. The maximum atomic E-state index is 12.5. The number of morpholine rings is 1. The first-order valence-electron chi connectivity index (χ1n) is 7.79. The van der Waals surface area contributed by atoms with Crippen LogP contribution < -0.4 is 5.32 Å². The Morgan fingerprint density at radius 3 is 2.84 bits per heavy atom. The highest BCUT2D eigenvalue weighted by Gasteiger charge is 2.38. The van der Waals surface area contributed by atoms with Crippen LogP contribution in [0.4, 0.5) is 13.2 Å². The van der Waals surface area contributed by atoms with Gasteiger partial charge in [-0.15, -0.1) is 0 Å². The molecule has 3 rings (SSSR count). The number of ether oxygens (including phenoxy) is 1. The third kappa shape index (κ3) is 4.74. The fourth-order valence-corrected chi connectivity index (χ4v) is 2.47. The summed E-state index contributed by atoms with van der Waals surface area (Å²) in [5.41, 5.74) is 1.12. The summed E-state index contributed by atoms with van der Waals surface area (Å²) in [6.45, 7) is 3.77. The molecule has 1 fully saturated rings. The number of nitrogens with zero attached hydrogens (tertiary/aromatic N) is 4. The van der Waals surface area contributed by atoms with E-state index in [0.717, 1.165) is 25.4 Å². The zero-order valence-corrected chi connectivity index (χ0v) is 13.6. The lowest BCUT2D eigenvalue weighted by Crippen LogP contribution is -2.44. The van der Waals surface area contributed by atoms with E-state index in [4.69, 9.17) is 4.74 Å². The minimum Gasteiger partial charge on any atom is -0.374 e. The van der Waals surface area contributed by atoms with Crippen LogP contribution in [0, 0.1) is 0 Å². The van der Waals surface area contributed by atoms with Crippen molar-refractivity contribution in [2.75, 3.05) is 33.3 Å². The average Bonchev–Trinajstić information content (AvgIpc) is 3.06. The van der Waals surface area contributed by atoms with E-state index in [-0.39, 0.29) is 11.9 Å². The van der Waals surface area contributed by atoms with Crippen molar-refractivity contribution in [2.45, 2.75) is 18.8 Å². The van der Waals surface area contributed by atoms with Crippen LogP contribution in [0.2, 0.25) is 0 Å². The predicted octanol–water partition coefficient (Wildman–Crippen LogP) is 1.57. The van der Waals surface area contributed by atoms with Gasteiger partial charge in [0.1, 0.15) is 0 Å². The number of hydrogen-bond donors (Lipinski definition) is 1. The van der Waals surface area contributed by atoms with Crippen LogP contribution in [0.5, 0.6) is 0 Å². The molecule has 1 atom stereocenters. The van der Waals surface area contributed by atoms with E-state index in [1.807, 2.05) is 0 Å². The van der Waals surface area contributed by atoms with E-state index in [2.05, 4.69) is 36.9 Å². The molecule has 1 aliphatic rings. The van der Waals surface area contributed by atoms with Crippen LogP contribution in [0.3, 0.4) is 0 Å². The molecule has 0 amide bonds. The SMILES string of the molecule is CN1CCOC(CNCc2ccc(-c3noc(C(F)(F)F)n3)cn2)C1. The second-order valence-corrected chi connectivity index (χ2v) is 5.85. The normalized spacial score (nSPS) is 19.3. The van der Waals surface area contributed by atoms with Gasteiger partial charge in [0.25, 0.3) is 0 Å². The largest absolute Gasteiger partial charge is 0.471 e.